The molecule has 0 amide bonds. The third-order valence-electron chi connectivity index (χ3n) is 9.53. The molecule has 2 saturated carbocycles. The van der Waals surface area contributed by atoms with Gasteiger partial charge in [0.1, 0.15) is 5.58 Å². The van der Waals surface area contributed by atoms with Gasteiger partial charge in [0.15, 0.2) is 0 Å². The highest BCUT2D eigenvalue weighted by Crippen LogP contribution is 2.56. The molecular weight excluding hydrogens is 615 g/mol. The van der Waals surface area contributed by atoms with E-state index in [0.717, 1.165) is 17.9 Å². The van der Waals surface area contributed by atoms with Gasteiger partial charge in [0.25, 0.3) is 0 Å². The van der Waals surface area contributed by atoms with Crippen molar-refractivity contribution in [1.82, 2.24) is 5.32 Å². The van der Waals surface area contributed by atoms with E-state index in [-0.39, 0.29) is 19.0 Å². The summed E-state index contributed by atoms with van der Waals surface area (Å²) < 4.78 is 0. The molecule has 49 heavy (non-hydrogen) atoms. The van der Waals surface area contributed by atoms with E-state index in [1.807, 2.05) is 20.8 Å². The molecular formula is C44H59N4P. The molecule has 0 radical (unpaired) electrons. The Hall–Kier alpha value is -3.32. The summed E-state index contributed by atoms with van der Waals surface area (Å²) in [5, 5.41) is 9.12. The molecule has 0 aromatic heterocycles. The zero-order valence-electron chi connectivity index (χ0n) is 31.0. The topological polar surface area (TPSA) is 49.1 Å². The molecule has 260 valence electrons. The van der Waals surface area contributed by atoms with Crippen molar-refractivity contribution < 1.29 is 0 Å². The summed E-state index contributed by atoms with van der Waals surface area (Å²) in [5.74, 6) is 0. The van der Waals surface area contributed by atoms with Gasteiger partial charge in [0.2, 0.25) is 0 Å². The highest BCUT2D eigenvalue weighted by molar-refractivity contribution is 7.76. The van der Waals surface area contributed by atoms with Gasteiger partial charge in [-0.2, -0.15) is 0 Å². The molecule has 4 nitrogen and oxygen atoms in total. The molecule has 0 aliphatic heterocycles. The first-order chi connectivity index (χ1) is 23.6. The minimum Gasteiger partial charge on any atom is -0.366 e. The number of benzene rings is 4. The number of hydrogen-bond donors (Lipinski definition) is 1. The highest BCUT2D eigenvalue weighted by atomic mass is 31.1. The molecule has 0 atom stereocenters. The van der Waals surface area contributed by atoms with Crippen LogP contribution < -0.4 is 5.32 Å². The summed E-state index contributed by atoms with van der Waals surface area (Å²) >= 11 is 0. The lowest BCUT2D eigenvalue weighted by atomic mass is 9.99. The van der Waals surface area contributed by atoms with Gasteiger partial charge in [-0.15, -0.1) is 0 Å². The van der Waals surface area contributed by atoms with Crippen LogP contribution in [0.25, 0.3) is 21.5 Å². The van der Waals surface area contributed by atoms with Gasteiger partial charge in [-0.25, -0.2) is 9.98 Å². The van der Waals surface area contributed by atoms with Crippen LogP contribution in [0.15, 0.2) is 99.9 Å². The van der Waals surface area contributed by atoms with Gasteiger partial charge in [-0.1, -0.05) is 123 Å². The minimum absolute atomic E-state index is 0.0570. The summed E-state index contributed by atoms with van der Waals surface area (Å²) in [6, 6.07) is 32.8. The van der Waals surface area contributed by atoms with Crippen LogP contribution in [0.3, 0.4) is 0 Å². The highest BCUT2D eigenvalue weighted by Gasteiger charge is 2.36. The number of nitrogens with one attached hydrogen (secondary N) is 1. The molecule has 4 aromatic rings. The maximum absolute atomic E-state index is 5.41. The monoisotopic (exact) mass is 674 g/mol. The number of amidine groups is 1. The van der Waals surface area contributed by atoms with E-state index in [1.165, 1.54) is 102 Å². The van der Waals surface area contributed by atoms with Crippen molar-refractivity contribution in [2.24, 2.45) is 15.0 Å². The molecule has 2 aliphatic rings. The Morgan fingerprint density at radius 1 is 0.633 bits per heavy atom. The molecule has 2 aliphatic carbocycles. The van der Waals surface area contributed by atoms with E-state index in [0.29, 0.717) is 6.54 Å². The largest absolute Gasteiger partial charge is 0.366 e. The Bertz CT molecular complexity index is 1700. The van der Waals surface area contributed by atoms with Crippen molar-refractivity contribution in [3.8, 4) is 0 Å². The zero-order chi connectivity index (χ0) is 34.7. The van der Waals surface area contributed by atoms with Gasteiger partial charge in [0.05, 0.1) is 24.6 Å². The third-order valence-corrected chi connectivity index (χ3v) is 12.9. The summed E-state index contributed by atoms with van der Waals surface area (Å²) in [4.78, 5) is 13.9. The fourth-order valence-electron chi connectivity index (χ4n) is 7.21. The Balaban J connectivity index is 0.000000221. The predicted molar refractivity (Wildman–Crippen MR) is 216 cm³/mol. The van der Waals surface area contributed by atoms with Gasteiger partial charge < -0.3 is 5.32 Å². The Kier molecular flexibility index (Phi) is 13.2. The quantitative estimate of drug-likeness (QED) is 0.118. The lowest BCUT2D eigenvalue weighted by Crippen LogP contribution is -2.42. The van der Waals surface area contributed by atoms with Crippen LogP contribution in [-0.4, -0.2) is 34.0 Å². The van der Waals surface area contributed by atoms with Crippen LogP contribution in [0.2, 0.25) is 0 Å². The minimum atomic E-state index is -0.225. The molecule has 6 rings (SSSR count). The lowest BCUT2D eigenvalue weighted by Gasteiger charge is -2.41. The molecule has 0 unspecified atom stereocenters. The maximum atomic E-state index is 5.41. The molecule has 0 bridgehead atoms. The smallest absolute Gasteiger partial charge is 0.121 e. The fourth-order valence-corrected chi connectivity index (χ4v) is 11.0. The average Bonchev–Trinajstić information content (AvgIpc) is 3.09. The van der Waals surface area contributed by atoms with Gasteiger partial charge in [-0.05, 0) is 119 Å². The maximum Gasteiger partial charge on any atom is 0.121 e. The second-order valence-electron chi connectivity index (χ2n) is 16.0. The Morgan fingerprint density at radius 2 is 1.10 bits per heavy atom. The molecule has 0 spiro atoms. The Morgan fingerprint density at radius 3 is 1.59 bits per heavy atom. The van der Waals surface area contributed by atoms with E-state index in [4.69, 9.17) is 4.99 Å². The van der Waals surface area contributed by atoms with E-state index in [9.17, 15) is 0 Å². The lowest BCUT2D eigenvalue weighted by molar-refractivity contribution is 0.483. The summed E-state index contributed by atoms with van der Waals surface area (Å²) in [6.45, 7) is 14.4. The molecule has 2 fully saturated rings. The number of nitrogens with zero attached hydrogens (tertiary/aromatic N) is 3. The molecule has 4 aromatic carbocycles. The number of fused-ring (bicyclic) bond motifs is 2. The summed E-state index contributed by atoms with van der Waals surface area (Å²) in [7, 11) is -0.225. The molecule has 0 saturated heterocycles. The fraction of sp³-hybridized carbons (Fsp3) is 0.500. The van der Waals surface area contributed by atoms with Crippen molar-refractivity contribution in [2.75, 3.05) is 0 Å². The molecule has 0 heterocycles. The zero-order valence-corrected chi connectivity index (χ0v) is 31.9. The van der Waals surface area contributed by atoms with Crippen molar-refractivity contribution in [1.29, 1.82) is 0 Å². The molecule has 1 N–H and O–H groups in total. The second kappa shape index (κ2) is 17.6. The van der Waals surface area contributed by atoms with Crippen LogP contribution in [0, 0.1) is 0 Å². The predicted octanol–water partition coefficient (Wildman–Crippen LogP) is 12.5. The van der Waals surface area contributed by atoms with E-state index >= 15 is 0 Å². The SMILES string of the molecule is CC(C)(C)N=C=NCc1cccc2ccccc12.CC(C)(C)NC(=NCc1cccc2ccccc12)P(C1CCCCC1)C1CCCCC1. The number of aliphatic imine (C=N–C) groups is 3. The number of rotatable bonds is 7. The summed E-state index contributed by atoms with van der Waals surface area (Å²) in [6.07, 6.45) is 14.2. The second-order valence-corrected chi connectivity index (χ2v) is 18.7. The van der Waals surface area contributed by atoms with Crippen molar-refractivity contribution in [3.05, 3.63) is 96.1 Å². The first-order valence-corrected chi connectivity index (χ1v) is 20.2. The van der Waals surface area contributed by atoms with Crippen molar-refractivity contribution in [3.63, 3.8) is 0 Å². The van der Waals surface area contributed by atoms with Crippen LogP contribution in [-0.2, 0) is 13.1 Å². The Labute approximate surface area is 297 Å². The van der Waals surface area contributed by atoms with Gasteiger partial charge >= 0.3 is 0 Å². The normalized spacial score (nSPS) is 16.6. The third kappa shape index (κ3) is 11.4. The summed E-state index contributed by atoms with van der Waals surface area (Å²) in [5.41, 5.74) is 5.62. The first-order valence-electron chi connectivity index (χ1n) is 18.7. The van der Waals surface area contributed by atoms with E-state index in [1.54, 1.807) is 0 Å². The van der Waals surface area contributed by atoms with Crippen LogP contribution in [0.1, 0.15) is 117 Å². The number of hydrogen-bond acceptors (Lipinski definition) is 3. The van der Waals surface area contributed by atoms with Crippen molar-refractivity contribution >= 4 is 41.1 Å². The van der Waals surface area contributed by atoms with Crippen LogP contribution >= 0.6 is 7.92 Å². The van der Waals surface area contributed by atoms with Crippen LogP contribution in [0.4, 0.5) is 0 Å². The van der Waals surface area contributed by atoms with E-state index in [2.05, 4.69) is 127 Å². The van der Waals surface area contributed by atoms with Crippen molar-refractivity contribution in [2.45, 2.75) is 141 Å². The van der Waals surface area contributed by atoms with Gasteiger partial charge in [-0.3, -0.25) is 4.99 Å². The average molecular weight is 675 g/mol. The standard InChI is InChI=1S/C28H41N2P.C16H18N2/c1-28(2,3)30-27(29-21-23-15-12-14-22-13-10-11-20-26(22)23)31(24-16-6-4-7-17-24)25-18-8-5-9-19-25;1-16(2,3)18-12-17-11-14-9-6-8-13-7-4-5-10-15(13)14/h10-15,20,24-25H,4-9,16-19,21H2,1-3H3,(H,29,30);4-10H,11H2,1-3H3. The van der Waals surface area contributed by atoms with Crippen LogP contribution in [0.5, 0.6) is 0 Å². The molecule has 5 heteroatoms. The van der Waals surface area contributed by atoms with Gasteiger partial charge in [0, 0.05) is 5.54 Å². The van der Waals surface area contributed by atoms with E-state index < -0.39 is 0 Å². The first kappa shape index (κ1) is 36.9.